The van der Waals surface area contributed by atoms with Crippen molar-refractivity contribution in [1.29, 1.82) is 0 Å². The van der Waals surface area contributed by atoms with Gasteiger partial charge in [0.05, 0.1) is 32.9 Å². The number of hydrogen-bond donors (Lipinski definition) is 1. The SMILES string of the molecule is COc1cc(N2CC(C(=O)NCc3ccccc3CN(C)C)CC2=O)cc(OC)c1OC. The van der Waals surface area contributed by atoms with Gasteiger partial charge in [-0.1, -0.05) is 24.3 Å². The Bertz CT molecular complexity index is 951. The summed E-state index contributed by atoms with van der Waals surface area (Å²) in [5.74, 6) is 0.694. The second kappa shape index (κ2) is 10.4. The Balaban J connectivity index is 1.70. The highest BCUT2D eigenvalue weighted by atomic mass is 16.5. The van der Waals surface area contributed by atoms with Gasteiger partial charge in [0.1, 0.15) is 0 Å². The van der Waals surface area contributed by atoms with Crippen LogP contribution in [0.1, 0.15) is 17.5 Å². The van der Waals surface area contributed by atoms with E-state index in [1.165, 1.54) is 26.9 Å². The quantitative estimate of drug-likeness (QED) is 0.644. The summed E-state index contributed by atoms with van der Waals surface area (Å²) in [5.41, 5.74) is 2.84. The first-order valence-corrected chi connectivity index (χ1v) is 10.5. The molecule has 1 N–H and O–H groups in total. The molecule has 3 rings (SSSR count). The summed E-state index contributed by atoms with van der Waals surface area (Å²) in [6.45, 7) is 1.52. The summed E-state index contributed by atoms with van der Waals surface area (Å²) >= 11 is 0. The van der Waals surface area contributed by atoms with E-state index in [-0.39, 0.29) is 18.2 Å². The molecule has 0 radical (unpaired) electrons. The van der Waals surface area contributed by atoms with Crippen LogP contribution in [0.15, 0.2) is 36.4 Å². The van der Waals surface area contributed by atoms with Gasteiger partial charge in [0.2, 0.25) is 17.6 Å². The van der Waals surface area contributed by atoms with Gasteiger partial charge < -0.3 is 29.3 Å². The zero-order valence-corrected chi connectivity index (χ0v) is 19.3. The average Bonchev–Trinajstić information content (AvgIpc) is 3.18. The molecular formula is C24H31N3O5. The van der Waals surface area contributed by atoms with Crippen LogP contribution in [0.2, 0.25) is 0 Å². The molecule has 1 aliphatic rings. The molecule has 32 heavy (non-hydrogen) atoms. The number of nitrogens with one attached hydrogen (secondary N) is 1. The van der Waals surface area contributed by atoms with Crippen molar-refractivity contribution in [1.82, 2.24) is 10.2 Å². The van der Waals surface area contributed by atoms with Crippen LogP contribution in [-0.4, -0.2) is 58.7 Å². The van der Waals surface area contributed by atoms with E-state index in [0.29, 0.717) is 36.0 Å². The molecule has 8 nitrogen and oxygen atoms in total. The van der Waals surface area contributed by atoms with E-state index in [9.17, 15) is 9.59 Å². The lowest BCUT2D eigenvalue weighted by Crippen LogP contribution is -2.33. The lowest BCUT2D eigenvalue weighted by Gasteiger charge is -2.20. The molecule has 172 valence electrons. The van der Waals surface area contributed by atoms with Crippen LogP contribution < -0.4 is 24.4 Å². The van der Waals surface area contributed by atoms with Gasteiger partial charge in [-0.2, -0.15) is 0 Å². The molecule has 1 saturated heterocycles. The van der Waals surface area contributed by atoms with Crippen molar-refractivity contribution in [2.24, 2.45) is 5.92 Å². The van der Waals surface area contributed by atoms with Crippen LogP contribution in [0.4, 0.5) is 5.69 Å². The van der Waals surface area contributed by atoms with Gasteiger partial charge in [0.25, 0.3) is 0 Å². The minimum Gasteiger partial charge on any atom is -0.493 e. The Labute approximate surface area is 189 Å². The van der Waals surface area contributed by atoms with Crippen molar-refractivity contribution in [3.05, 3.63) is 47.5 Å². The number of amides is 2. The second-order valence-corrected chi connectivity index (χ2v) is 8.01. The summed E-state index contributed by atoms with van der Waals surface area (Å²) < 4.78 is 16.1. The number of anilines is 1. The van der Waals surface area contributed by atoms with Crippen molar-refractivity contribution in [2.75, 3.05) is 46.9 Å². The molecule has 1 fully saturated rings. The Kier molecular flexibility index (Phi) is 7.58. The lowest BCUT2D eigenvalue weighted by molar-refractivity contribution is -0.126. The number of ether oxygens (including phenoxy) is 3. The summed E-state index contributed by atoms with van der Waals surface area (Å²) in [4.78, 5) is 29.3. The molecule has 0 aromatic heterocycles. The maximum absolute atomic E-state index is 12.9. The van der Waals surface area contributed by atoms with E-state index in [0.717, 1.165) is 12.1 Å². The molecule has 2 aromatic rings. The number of methoxy groups -OCH3 is 3. The van der Waals surface area contributed by atoms with Crippen LogP contribution in [0.25, 0.3) is 0 Å². The molecule has 1 unspecified atom stereocenters. The van der Waals surface area contributed by atoms with Crippen molar-refractivity contribution in [2.45, 2.75) is 19.5 Å². The highest BCUT2D eigenvalue weighted by molar-refractivity contribution is 6.00. The third kappa shape index (κ3) is 5.13. The summed E-state index contributed by atoms with van der Waals surface area (Å²) in [7, 11) is 8.60. The van der Waals surface area contributed by atoms with E-state index in [1.54, 1.807) is 17.0 Å². The molecule has 1 heterocycles. The second-order valence-electron chi connectivity index (χ2n) is 8.01. The fourth-order valence-electron chi connectivity index (χ4n) is 3.91. The van der Waals surface area contributed by atoms with Gasteiger partial charge >= 0.3 is 0 Å². The number of carbonyl (C=O) groups excluding carboxylic acids is 2. The Hall–Kier alpha value is -3.26. The monoisotopic (exact) mass is 441 g/mol. The topological polar surface area (TPSA) is 80.3 Å². The smallest absolute Gasteiger partial charge is 0.227 e. The van der Waals surface area contributed by atoms with Crippen molar-refractivity contribution < 1.29 is 23.8 Å². The van der Waals surface area contributed by atoms with E-state index < -0.39 is 5.92 Å². The zero-order valence-electron chi connectivity index (χ0n) is 19.3. The summed E-state index contributed by atoms with van der Waals surface area (Å²) in [6, 6.07) is 11.5. The Morgan fingerprint density at radius 3 is 2.25 bits per heavy atom. The van der Waals surface area contributed by atoms with Crippen molar-refractivity contribution in [3.63, 3.8) is 0 Å². The van der Waals surface area contributed by atoms with Gasteiger partial charge in [-0.3, -0.25) is 9.59 Å². The van der Waals surface area contributed by atoms with Gasteiger partial charge in [0, 0.05) is 38.2 Å². The first-order chi connectivity index (χ1) is 15.4. The van der Waals surface area contributed by atoms with Gasteiger partial charge in [0.15, 0.2) is 11.5 Å². The number of benzene rings is 2. The Morgan fingerprint density at radius 1 is 1.06 bits per heavy atom. The lowest BCUT2D eigenvalue weighted by atomic mass is 10.1. The van der Waals surface area contributed by atoms with Crippen LogP contribution in [-0.2, 0) is 22.7 Å². The molecule has 0 bridgehead atoms. The predicted molar refractivity (Wildman–Crippen MR) is 122 cm³/mol. The normalized spacial score (nSPS) is 15.8. The first kappa shape index (κ1) is 23.4. The third-order valence-corrected chi connectivity index (χ3v) is 5.52. The molecule has 1 atom stereocenters. The minimum absolute atomic E-state index is 0.118. The van der Waals surface area contributed by atoms with Gasteiger partial charge in [-0.15, -0.1) is 0 Å². The van der Waals surface area contributed by atoms with Gasteiger partial charge in [-0.25, -0.2) is 0 Å². The largest absolute Gasteiger partial charge is 0.493 e. The molecular weight excluding hydrogens is 410 g/mol. The van der Waals surface area contributed by atoms with Crippen molar-refractivity contribution in [3.8, 4) is 17.2 Å². The first-order valence-electron chi connectivity index (χ1n) is 10.5. The molecule has 2 aromatic carbocycles. The molecule has 0 saturated carbocycles. The maximum atomic E-state index is 12.9. The molecule has 0 spiro atoms. The van der Waals surface area contributed by atoms with E-state index in [2.05, 4.69) is 16.3 Å². The predicted octanol–water partition coefficient (Wildman–Crippen LogP) is 2.44. The van der Waals surface area contributed by atoms with E-state index >= 15 is 0 Å². The number of nitrogens with zero attached hydrogens (tertiary/aromatic N) is 2. The Morgan fingerprint density at radius 2 is 1.69 bits per heavy atom. The molecule has 8 heteroatoms. The van der Waals surface area contributed by atoms with Crippen LogP contribution in [0, 0.1) is 5.92 Å². The highest BCUT2D eigenvalue weighted by Gasteiger charge is 2.36. The van der Waals surface area contributed by atoms with Crippen molar-refractivity contribution >= 4 is 17.5 Å². The number of hydrogen-bond acceptors (Lipinski definition) is 6. The zero-order chi connectivity index (χ0) is 23.3. The molecule has 1 aliphatic heterocycles. The maximum Gasteiger partial charge on any atom is 0.227 e. The van der Waals surface area contributed by atoms with Gasteiger partial charge in [-0.05, 0) is 25.2 Å². The fraction of sp³-hybridized carbons (Fsp3) is 0.417. The third-order valence-electron chi connectivity index (χ3n) is 5.52. The minimum atomic E-state index is -0.428. The summed E-state index contributed by atoms with van der Waals surface area (Å²) in [6.07, 6.45) is 0.155. The van der Waals surface area contributed by atoms with Crippen LogP contribution >= 0.6 is 0 Å². The van der Waals surface area contributed by atoms with E-state index in [4.69, 9.17) is 14.2 Å². The number of carbonyl (C=O) groups is 2. The molecule has 2 amide bonds. The van der Waals surface area contributed by atoms with Crippen LogP contribution in [0.3, 0.4) is 0 Å². The highest BCUT2D eigenvalue weighted by Crippen LogP contribution is 2.42. The standard InChI is InChI=1S/C24H31N3O5/c1-26(2)14-17-9-7-6-8-16(17)13-25-24(29)18-10-22(28)27(15-18)19-11-20(30-3)23(32-5)21(12-19)31-4/h6-9,11-12,18H,10,13-15H2,1-5H3,(H,25,29). The van der Waals surface area contributed by atoms with Crippen LogP contribution in [0.5, 0.6) is 17.2 Å². The average molecular weight is 442 g/mol. The van der Waals surface area contributed by atoms with E-state index in [1.807, 2.05) is 32.3 Å². The molecule has 0 aliphatic carbocycles. The number of rotatable bonds is 9. The fourth-order valence-corrected chi connectivity index (χ4v) is 3.91. The summed E-state index contributed by atoms with van der Waals surface area (Å²) in [5, 5.41) is 3.00.